The fourth-order valence-corrected chi connectivity index (χ4v) is 1.67. The van der Waals surface area contributed by atoms with Gasteiger partial charge < -0.3 is 10.5 Å². The molecule has 0 atom stereocenters. The van der Waals surface area contributed by atoms with Gasteiger partial charge in [-0.3, -0.25) is 0 Å². The van der Waals surface area contributed by atoms with E-state index in [0.29, 0.717) is 5.75 Å². The molecule has 1 amide bonds. The third kappa shape index (κ3) is 1.94. The van der Waals surface area contributed by atoms with Gasteiger partial charge in [-0.25, -0.2) is 4.79 Å². The molecule has 0 aliphatic carbocycles. The monoisotopic (exact) mass is 171 g/mol. The van der Waals surface area contributed by atoms with E-state index in [1.54, 1.807) is 17.4 Å². The van der Waals surface area contributed by atoms with E-state index in [1.807, 2.05) is 13.8 Å². The van der Waals surface area contributed by atoms with Crippen molar-refractivity contribution in [3.8, 4) is 5.75 Å². The molecule has 0 bridgehead atoms. The van der Waals surface area contributed by atoms with E-state index in [9.17, 15) is 4.79 Å². The zero-order chi connectivity index (χ0) is 8.43. The number of hydrogen-bond acceptors (Lipinski definition) is 3. The van der Waals surface area contributed by atoms with Crippen molar-refractivity contribution >= 4 is 17.4 Å². The van der Waals surface area contributed by atoms with Crippen LogP contribution >= 0.6 is 11.3 Å². The van der Waals surface area contributed by atoms with Gasteiger partial charge in [-0.15, -0.1) is 11.3 Å². The number of ether oxygens (including phenoxy) is 1. The number of amides is 1. The van der Waals surface area contributed by atoms with Crippen LogP contribution in [-0.4, -0.2) is 6.09 Å². The minimum absolute atomic E-state index is 0.569. The first-order chi connectivity index (χ1) is 5.09. The van der Waals surface area contributed by atoms with Gasteiger partial charge in [0.15, 0.2) is 0 Å². The number of carbonyl (C=O) groups is 1. The second-order valence-electron chi connectivity index (χ2n) is 2.20. The molecular formula is C7H9NO2S. The molecule has 11 heavy (non-hydrogen) atoms. The Morgan fingerprint density at radius 3 is 2.64 bits per heavy atom. The van der Waals surface area contributed by atoms with Crippen LogP contribution in [0.25, 0.3) is 0 Å². The molecular weight excluding hydrogens is 162 g/mol. The van der Waals surface area contributed by atoms with E-state index < -0.39 is 6.09 Å². The van der Waals surface area contributed by atoms with Gasteiger partial charge in [0.05, 0.1) is 0 Å². The molecule has 2 N–H and O–H groups in total. The summed E-state index contributed by atoms with van der Waals surface area (Å²) in [5.74, 6) is 0.569. The van der Waals surface area contributed by atoms with E-state index in [4.69, 9.17) is 10.5 Å². The van der Waals surface area contributed by atoms with Crippen molar-refractivity contribution in [1.29, 1.82) is 0 Å². The Kier molecular flexibility index (Phi) is 2.14. The summed E-state index contributed by atoms with van der Waals surface area (Å²) in [5, 5.41) is 0. The summed E-state index contributed by atoms with van der Waals surface area (Å²) in [6, 6.07) is 1.80. The number of thiophene rings is 1. The molecule has 0 radical (unpaired) electrons. The highest BCUT2D eigenvalue weighted by Gasteiger charge is 2.05. The predicted octanol–water partition coefficient (Wildman–Crippen LogP) is 1.82. The summed E-state index contributed by atoms with van der Waals surface area (Å²) in [5.41, 5.74) is 4.85. The van der Waals surface area contributed by atoms with Crippen LogP contribution in [0.5, 0.6) is 5.75 Å². The first kappa shape index (κ1) is 8.07. The highest BCUT2D eigenvalue weighted by atomic mass is 32.1. The largest absolute Gasteiger partial charge is 0.410 e. The smallest absolute Gasteiger partial charge is 0.409 e. The van der Waals surface area contributed by atoms with Gasteiger partial charge in [-0.05, 0) is 19.9 Å². The minimum atomic E-state index is -0.758. The Bertz CT molecular complexity index is 280. The van der Waals surface area contributed by atoms with Crippen molar-refractivity contribution in [2.45, 2.75) is 13.8 Å². The molecule has 3 nitrogen and oxygen atoms in total. The van der Waals surface area contributed by atoms with Gasteiger partial charge in [0.25, 0.3) is 0 Å². The topological polar surface area (TPSA) is 52.3 Å². The lowest BCUT2D eigenvalue weighted by Gasteiger charge is -1.96. The fraction of sp³-hybridized carbons (Fsp3) is 0.286. The predicted molar refractivity (Wildman–Crippen MR) is 44.0 cm³/mol. The van der Waals surface area contributed by atoms with Crippen molar-refractivity contribution in [2.75, 3.05) is 0 Å². The summed E-state index contributed by atoms with van der Waals surface area (Å²) < 4.78 is 4.72. The lowest BCUT2D eigenvalue weighted by atomic mass is 10.4. The average Bonchev–Trinajstić information content (AvgIpc) is 2.09. The molecule has 0 fully saturated rings. The fourth-order valence-electron chi connectivity index (χ4n) is 0.817. The van der Waals surface area contributed by atoms with E-state index in [1.165, 1.54) is 0 Å². The van der Waals surface area contributed by atoms with Crippen LogP contribution in [0.2, 0.25) is 0 Å². The van der Waals surface area contributed by atoms with Gasteiger partial charge in [0, 0.05) is 9.75 Å². The van der Waals surface area contributed by atoms with Gasteiger partial charge in [0.2, 0.25) is 0 Å². The van der Waals surface area contributed by atoms with E-state index in [-0.39, 0.29) is 0 Å². The van der Waals surface area contributed by atoms with E-state index in [2.05, 4.69) is 0 Å². The molecule has 0 aliphatic rings. The van der Waals surface area contributed by atoms with Crippen molar-refractivity contribution in [3.05, 3.63) is 15.8 Å². The van der Waals surface area contributed by atoms with Crippen molar-refractivity contribution in [3.63, 3.8) is 0 Å². The lowest BCUT2D eigenvalue weighted by Crippen LogP contribution is -2.16. The lowest BCUT2D eigenvalue weighted by molar-refractivity contribution is 0.211. The summed E-state index contributed by atoms with van der Waals surface area (Å²) in [7, 11) is 0. The maximum absolute atomic E-state index is 10.3. The normalized spacial score (nSPS) is 9.64. The Morgan fingerprint density at radius 1 is 1.64 bits per heavy atom. The molecule has 0 unspecified atom stereocenters. The summed E-state index contributed by atoms with van der Waals surface area (Å²) in [6.45, 7) is 3.83. The highest BCUT2D eigenvalue weighted by Crippen LogP contribution is 2.27. The Labute approximate surface area is 68.8 Å². The molecule has 0 spiro atoms. The molecule has 0 aromatic carbocycles. The third-order valence-electron chi connectivity index (χ3n) is 1.21. The van der Waals surface area contributed by atoms with Crippen LogP contribution in [0.4, 0.5) is 4.79 Å². The molecule has 1 aromatic heterocycles. The Balaban J connectivity index is 2.85. The number of nitrogens with two attached hydrogens (primary N) is 1. The van der Waals surface area contributed by atoms with E-state index >= 15 is 0 Å². The van der Waals surface area contributed by atoms with Gasteiger partial charge >= 0.3 is 6.09 Å². The molecule has 1 heterocycles. The molecule has 4 heteroatoms. The van der Waals surface area contributed by atoms with E-state index in [0.717, 1.165) is 9.75 Å². The molecule has 0 saturated carbocycles. The quantitative estimate of drug-likeness (QED) is 0.700. The number of carbonyl (C=O) groups excluding carboxylic acids is 1. The molecule has 1 rings (SSSR count). The first-order valence-electron chi connectivity index (χ1n) is 3.14. The minimum Gasteiger partial charge on any atom is -0.409 e. The first-order valence-corrected chi connectivity index (χ1v) is 3.95. The highest BCUT2D eigenvalue weighted by molar-refractivity contribution is 7.12. The number of primary amides is 1. The number of hydrogen-bond donors (Lipinski definition) is 1. The molecule has 1 aromatic rings. The number of rotatable bonds is 1. The van der Waals surface area contributed by atoms with Gasteiger partial charge in [-0.2, -0.15) is 0 Å². The Morgan fingerprint density at radius 2 is 2.27 bits per heavy atom. The zero-order valence-corrected chi connectivity index (χ0v) is 7.20. The van der Waals surface area contributed by atoms with Crippen molar-refractivity contribution in [1.82, 2.24) is 0 Å². The Hall–Kier alpha value is -1.03. The SMILES string of the molecule is Cc1cc(OC(N)=O)c(C)s1. The van der Waals surface area contributed by atoms with Crippen LogP contribution in [0.3, 0.4) is 0 Å². The van der Waals surface area contributed by atoms with Crippen molar-refractivity contribution < 1.29 is 9.53 Å². The van der Waals surface area contributed by atoms with Gasteiger partial charge in [0.1, 0.15) is 5.75 Å². The van der Waals surface area contributed by atoms with Crippen LogP contribution in [0.15, 0.2) is 6.07 Å². The molecule has 0 saturated heterocycles. The van der Waals surface area contributed by atoms with Gasteiger partial charge in [-0.1, -0.05) is 0 Å². The van der Waals surface area contributed by atoms with Crippen molar-refractivity contribution in [2.24, 2.45) is 5.73 Å². The molecule has 0 aliphatic heterocycles. The molecule has 60 valence electrons. The van der Waals surface area contributed by atoms with Crippen LogP contribution in [-0.2, 0) is 0 Å². The van der Waals surface area contributed by atoms with Crippen LogP contribution < -0.4 is 10.5 Å². The summed E-state index contributed by atoms with van der Waals surface area (Å²) in [4.78, 5) is 12.4. The number of aryl methyl sites for hydroxylation is 2. The second kappa shape index (κ2) is 2.92. The standard InChI is InChI=1S/C7H9NO2S/c1-4-3-6(5(2)11-4)10-7(8)9/h3H,1-2H3,(H2,8,9). The second-order valence-corrected chi connectivity index (χ2v) is 3.66. The summed E-state index contributed by atoms with van der Waals surface area (Å²) in [6.07, 6.45) is -0.758. The van der Waals surface area contributed by atoms with Crippen LogP contribution in [0.1, 0.15) is 9.75 Å². The summed E-state index contributed by atoms with van der Waals surface area (Å²) >= 11 is 1.58. The third-order valence-corrected chi connectivity index (χ3v) is 2.15. The average molecular weight is 171 g/mol. The maximum atomic E-state index is 10.3. The maximum Gasteiger partial charge on any atom is 0.410 e. The van der Waals surface area contributed by atoms with Crippen LogP contribution in [0, 0.1) is 13.8 Å². The zero-order valence-electron chi connectivity index (χ0n) is 6.38.